The minimum Gasteiger partial charge on any atom is -0.480 e. The van der Waals surface area contributed by atoms with Gasteiger partial charge >= 0.3 is 5.97 Å². The Hall–Kier alpha value is -1.14. The SMILES string of the molecule is CCN(CC(=O)O)C(=O)COCCN. The van der Waals surface area contributed by atoms with Crippen LogP contribution in [0.2, 0.25) is 0 Å². The molecule has 0 fully saturated rings. The first-order chi connectivity index (χ1) is 6.61. The van der Waals surface area contributed by atoms with Gasteiger partial charge in [-0.2, -0.15) is 0 Å². The molecule has 0 aliphatic heterocycles. The third-order valence-electron chi connectivity index (χ3n) is 1.55. The van der Waals surface area contributed by atoms with Crippen LogP contribution in [0.4, 0.5) is 0 Å². The van der Waals surface area contributed by atoms with Gasteiger partial charge in [-0.15, -0.1) is 0 Å². The van der Waals surface area contributed by atoms with Gasteiger partial charge in [-0.1, -0.05) is 0 Å². The van der Waals surface area contributed by atoms with Gasteiger partial charge in [0.2, 0.25) is 5.91 Å². The lowest BCUT2D eigenvalue weighted by molar-refractivity contribution is -0.146. The van der Waals surface area contributed by atoms with Crippen LogP contribution in [0.1, 0.15) is 6.92 Å². The van der Waals surface area contributed by atoms with E-state index < -0.39 is 5.97 Å². The van der Waals surface area contributed by atoms with Crippen molar-refractivity contribution in [3.8, 4) is 0 Å². The van der Waals surface area contributed by atoms with Crippen LogP contribution in [-0.2, 0) is 14.3 Å². The van der Waals surface area contributed by atoms with Gasteiger partial charge in [0, 0.05) is 13.1 Å². The molecule has 14 heavy (non-hydrogen) atoms. The highest BCUT2D eigenvalue weighted by Gasteiger charge is 2.14. The van der Waals surface area contributed by atoms with Gasteiger partial charge in [-0.05, 0) is 6.92 Å². The van der Waals surface area contributed by atoms with E-state index in [0.717, 1.165) is 0 Å². The van der Waals surface area contributed by atoms with E-state index in [1.807, 2.05) is 0 Å². The van der Waals surface area contributed by atoms with Crippen LogP contribution in [-0.4, -0.2) is 54.7 Å². The number of likely N-dealkylation sites (N-methyl/N-ethyl adjacent to an activating group) is 1. The molecule has 0 aliphatic rings. The third-order valence-corrected chi connectivity index (χ3v) is 1.55. The summed E-state index contributed by atoms with van der Waals surface area (Å²) in [5, 5.41) is 8.48. The van der Waals surface area contributed by atoms with E-state index in [-0.39, 0.29) is 19.1 Å². The summed E-state index contributed by atoms with van der Waals surface area (Å²) < 4.78 is 4.90. The van der Waals surface area contributed by atoms with Crippen LogP contribution in [0.25, 0.3) is 0 Å². The summed E-state index contributed by atoms with van der Waals surface area (Å²) in [6, 6.07) is 0. The van der Waals surface area contributed by atoms with Gasteiger partial charge in [0.25, 0.3) is 0 Å². The lowest BCUT2D eigenvalue weighted by Gasteiger charge is -2.18. The fourth-order valence-corrected chi connectivity index (χ4v) is 0.874. The second-order valence-electron chi connectivity index (χ2n) is 2.64. The minimum absolute atomic E-state index is 0.113. The number of carbonyl (C=O) groups is 2. The molecule has 0 radical (unpaired) electrons. The second-order valence-corrected chi connectivity index (χ2v) is 2.64. The predicted octanol–water partition coefficient (Wildman–Crippen LogP) is -1.11. The minimum atomic E-state index is -1.03. The molecular weight excluding hydrogens is 188 g/mol. The van der Waals surface area contributed by atoms with Crippen molar-refractivity contribution in [3.63, 3.8) is 0 Å². The van der Waals surface area contributed by atoms with Gasteiger partial charge in [-0.3, -0.25) is 9.59 Å². The molecule has 0 aromatic heterocycles. The first-order valence-corrected chi connectivity index (χ1v) is 4.39. The molecule has 0 unspecified atom stereocenters. The van der Waals surface area contributed by atoms with Crippen molar-refractivity contribution >= 4 is 11.9 Å². The highest BCUT2D eigenvalue weighted by molar-refractivity contribution is 5.82. The van der Waals surface area contributed by atoms with Crippen LogP contribution in [0.3, 0.4) is 0 Å². The van der Waals surface area contributed by atoms with E-state index >= 15 is 0 Å². The number of hydrogen-bond donors (Lipinski definition) is 2. The molecule has 0 atom stereocenters. The van der Waals surface area contributed by atoms with Crippen LogP contribution in [0.5, 0.6) is 0 Å². The van der Waals surface area contributed by atoms with Gasteiger partial charge in [0.1, 0.15) is 13.2 Å². The van der Waals surface area contributed by atoms with Gasteiger partial charge < -0.3 is 20.5 Å². The Bertz CT molecular complexity index is 196. The number of amides is 1. The molecule has 0 rings (SSSR count). The molecule has 0 bridgehead atoms. The lowest BCUT2D eigenvalue weighted by atomic mass is 10.4. The summed E-state index contributed by atoms with van der Waals surface area (Å²) in [6.45, 7) is 2.31. The molecule has 0 saturated heterocycles. The molecule has 0 spiro atoms. The number of carboxylic acids is 1. The normalized spacial score (nSPS) is 9.86. The summed E-state index contributed by atoms with van der Waals surface area (Å²) in [6.07, 6.45) is 0. The molecule has 82 valence electrons. The monoisotopic (exact) mass is 204 g/mol. The van der Waals surface area contributed by atoms with Gasteiger partial charge in [0.15, 0.2) is 0 Å². The number of nitrogens with zero attached hydrogens (tertiary/aromatic N) is 1. The Morgan fingerprint density at radius 1 is 1.50 bits per heavy atom. The van der Waals surface area contributed by atoms with Crippen LogP contribution in [0, 0.1) is 0 Å². The molecule has 0 aromatic rings. The third kappa shape index (κ3) is 5.50. The largest absolute Gasteiger partial charge is 0.480 e. The molecule has 6 nitrogen and oxygen atoms in total. The number of rotatable bonds is 7. The average molecular weight is 204 g/mol. The maximum Gasteiger partial charge on any atom is 0.323 e. The van der Waals surface area contributed by atoms with E-state index in [4.69, 9.17) is 15.6 Å². The summed E-state index contributed by atoms with van der Waals surface area (Å²) in [7, 11) is 0. The van der Waals surface area contributed by atoms with Crippen molar-refractivity contribution in [3.05, 3.63) is 0 Å². The Morgan fingerprint density at radius 3 is 2.57 bits per heavy atom. The number of carbonyl (C=O) groups excluding carboxylic acids is 1. The second kappa shape index (κ2) is 7.28. The van der Waals surface area contributed by atoms with Crippen LogP contribution in [0.15, 0.2) is 0 Å². The van der Waals surface area contributed by atoms with E-state index in [2.05, 4.69) is 0 Å². The predicted molar refractivity (Wildman–Crippen MR) is 49.8 cm³/mol. The zero-order valence-electron chi connectivity index (χ0n) is 8.23. The summed E-state index contributed by atoms with van der Waals surface area (Å²) in [5.74, 6) is -1.36. The molecule has 3 N–H and O–H groups in total. The quantitative estimate of drug-likeness (QED) is 0.513. The molecule has 0 heterocycles. The van der Waals surface area contributed by atoms with Gasteiger partial charge in [0.05, 0.1) is 6.61 Å². The fourth-order valence-electron chi connectivity index (χ4n) is 0.874. The molecular formula is C8H16N2O4. The van der Waals surface area contributed by atoms with Crippen LogP contribution < -0.4 is 5.73 Å². The number of ether oxygens (including phenoxy) is 1. The molecule has 0 aliphatic carbocycles. The topological polar surface area (TPSA) is 92.9 Å². The summed E-state index contributed by atoms with van der Waals surface area (Å²) in [5.41, 5.74) is 5.16. The highest BCUT2D eigenvalue weighted by atomic mass is 16.5. The summed E-state index contributed by atoms with van der Waals surface area (Å²) >= 11 is 0. The zero-order valence-corrected chi connectivity index (χ0v) is 8.23. The van der Waals surface area contributed by atoms with Crippen molar-refractivity contribution in [2.45, 2.75) is 6.92 Å². The molecule has 6 heteroatoms. The van der Waals surface area contributed by atoms with Crippen molar-refractivity contribution < 1.29 is 19.4 Å². The Morgan fingerprint density at radius 2 is 2.14 bits per heavy atom. The van der Waals surface area contributed by atoms with Crippen molar-refractivity contribution in [1.82, 2.24) is 4.90 Å². The highest BCUT2D eigenvalue weighted by Crippen LogP contribution is 1.90. The van der Waals surface area contributed by atoms with E-state index in [1.54, 1.807) is 6.92 Å². The number of carboxylic acid groups (broad SMARTS) is 1. The van der Waals surface area contributed by atoms with E-state index in [1.165, 1.54) is 4.90 Å². The maximum atomic E-state index is 11.3. The van der Waals surface area contributed by atoms with E-state index in [9.17, 15) is 9.59 Å². The fraction of sp³-hybridized carbons (Fsp3) is 0.750. The van der Waals surface area contributed by atoms with Crippen molar-refractivity contribution in [2.75, 3.05) is 32.8 Å². The Kier molecular flexibility index (Phi) is 6.69. The maximum absolute atomic E-state index is 11.3. The average Bonchev–Trinajstić information content (AvgIpc) is 2.14. The first kappa shape index (κ1) is 12.9. The van der Waals surface area contributed by atoms with E-state index in [0.29, 0.717) is 19.7 Å². The number of nitrogens with two attached hydrogens (primary N) is 1. The lowest BCUT2D eigenvalue weighted by Crippen LogP contribution is -2.38. The number of hydrogen-bond acceptors (Lipinski definition) is 4. The molecule has 1 amide bonds. The standard InChI is InChI=1S/C8H16N2O4/c1-2-10(5-8(12)13)7(11)6-14-4-3-9/h2-6,9H2,1H3,(H,12,13). The molecule has 0 saturated carbocycles. The number of aliphatic carboxylic acids is 1. The summed E-state index contributed by atoms with van der Waals surface area (Å²) in [4.78, 5) is 22.8. The van der Waals surface area contributed by atoms with Crippen molar-refractivity contribution in [2.24, 2.45) is 5.73 Å². The zero-order chi connectivity index (χ0) is 11.0. The van der Waals surface area contributed by atoms with Crippen molar-refractivity contribution in [1.29, 1.82) is 0 Å². The van der Waals surface area contributed by atoms with Crippen LogP contribution >= 0.6 is 0 Å². The Balaban J connectivity index is 3.85. The first-order valence-electron chi connectivity index (χ1n) is 4.39. The molecule has 0 aromatic carbocycles. The smallest absolute Gasteiger partial charge is 0.323 e. The van der Waals surface area contributed by atoms with Gasteiger partial charge in [-0.25, -0.2) is 0 Å². The Labute approximate surface area is 82.6 Å².